The van der Waals surface area contributed by atoms with Crippen molar-refractivity contribution in [2.45, 2.75) is 22.8 Å². The number of benzene rings is 1. The highest BCUT2D eigenvalue weighted by Gasteiger charge is 2.34. The van der Waals surface area contributed by atoms with Gasteiger partial charge in [-0.15, -0.1) is 0 Å². The van der Waals surface area contributed by atoms with Crippen LogP contribution in [0, 0.1) is 0 Å². The van der Waals surface area contributed by atoms with Gasteiger partial charge < -0.3 is 5.32 Å². The first-order chi connectivity index (χ1) is 11.8. The Hall–Kier alpha value is -2.25. The summed E-state index contributed by atoms with van der Waals surface area (Å²) in [5.41, 5.74) is -0.898. The summed E-state index contributed by atoms with van der Waals surface area (Å²) in [7, 11) is -7.92. The number of nitrogens with one attached hydrogen (secondary N) is 1. The lowest BCUT2D eigenvalue weighted by atomic mass is 10.2. The molecule has 0 unspecified atom stereocenters. The highest BCUT2D eigenvalue weighted by Crippen LogP contribution is 2.29. The van der Waals surface area contributed by atoms with Crippen LogP contribution in [0.3, 0.4) is 0 Å². The van der Waals surface area contributed by atoms with Gasteiger partial charge in [0.25, 0.3) is 0 Å². The molecule has 2 aromatic rings. The predicted octanol–water partition coefficient (Wildman–Crippen LogP) is 1.16. The first-order valence-electron chi connectivity index (χ1n) is 6.79. The summed E-state index contributed by atoms with van der Waals surface area (Å²) in [6.45, 7) is -0.0393. The molecule has 2 rings (SSSR count). The standard InChI is InChI=1S/C13H13F3N4O4S2/c1-25(21,22)12-19-10(13(14,15)16)6-11(20-12)18-7-8-2-4-9(5-3-8)26(17,23)24/h2-6H,7H2,1H3,(H2,17,23,24)(H,18,19,20). The summed E-state index contributed by atoms with van der Waals surface area (Å²) in [4.78, 5) is 6.47. The SMILES string of the molecule is CS(=O)(=O)c1nc(NCc2ccc(S(N)(=O)=O)cc2)cc(C(F)(F)F)n1. The zero-order chi connectivity index (χ0) is 19.8. The summed E-state index contributed by atoms with van der Waals surface area (Å²) < 4.78 is 83.9. The summed E-state index contributed by atoms with van der Waals surface area (Å²) >= 11 is 0. The van der Waals surface area contributed by atoms with Crippen LogP contribution >= 0.6 is 0 Å². The molecule has 0 aliphatic carbocycles. The van der Waals surface area contributed by atoms with Crippen molar-refractivity contribution in [2.24, 2.45) is 5.14 Å². The maximum absolute atomic E-state index is 12.9. The van der Waals surface area contributed by atoms with Gasteiger partial charge in [-0.1, -0.05) is 12.1 Å². The molecular formula is C13H13F3N4O4S2. The van der Waals surface area contributed by atoms with Crippen molar-refractivity contribution >= 4 is 25.7 Å². The van der Waals surface area contributed by atoms with Gasteiger partial charge in [0.15, 0.2) is 5.69 Å². The molecule has 0 atom stereocenters. The molecular weight excluding hydrogens is 397 g/mol. The third kappa shape index (κ3) is 5.12. The minimum absolute atomic E-state index is 0.0393. The van der Waals surface area contributed by atoms with Gasteiger partial charge in [0, 0.05) is 18.9 Å². The number of sulfone groups is 1. The fourth-order valence-electron chi connectivity index (χ4n) is 1.82. The number of hydrogen-bond acceptors (Lipinski definition) is 7. The van der Waals surface area contributed by atoms with E-state index in [-0.39, 0.29) is 17.3 Å². The van der Waals surface area contributed by atoms with E-state index in [9.17, 15) is 30.0 Å². The number of alkyl halides is 3. The number of halogens is 3. The topological polar surface area (TPSA) is 132 Å². The van der Waals surface area contributed by atoms with E-state index in [0.717, 1.165) is 0 Å². The smallest absolute Gasteiger partial charge is 0.366 e. The highest BCUT2D eigenvalue weighted by atomic mass is 32.2. The summed E-state index contributed by atoms with van der Waals surface area (Å²) in [6.07, 6.45) is -4.16. The van der Waals surface area contributed by atoms with Gasteiger partial charge in [0.1, 0.15) is 5.82 Å². The average Bonchev–Trinajstić information content (AvgIpc) is 2.50. The van der Waals surface area contributed by atoms with E-state index in [1.807, 2.05) is 0 Å². The van der Waals surface area contributed by atoms with Crippen molar-refractivity contribution in [3.8, 4) is 0 Å². The number of primary sulfonamides is 1. The van der Waals surface area contributed by atoms with Gasteiger partial charge in [-0.3, -0.25) is 0 Å². The van der Waals surface area contributed by atoms with Gasteiger partial charge in [-0.05, 0) is 17.7 Å². The predicted molar refractivity (Wildman–Crippen MR) is 85.3 cm³/mol. The quantitative estimate of drug-likeness (QED) is 0.707. The van der Waals surface area contributed by atoms with E-state index in [4.69, 9.17) is 5.14 Å². The number of rotatable bonds is 5. The molecule has 0 bridgehead atoms. The minimum atomic E-state index is -4.85. The molecule has 3 N–H and O–H groups in total. The van der Waals surface area contributed by atoms with Gasteiger partial charge >= 0.3 is 6.18 Å². The first-order valence-corrected chi connectivity index (χ1v) is 10.2. The Morgan fingerprint density at radius 2 is 1.65 bits per heavy atom. The lowest BCUT2D eigenvalue weighted by Gasteiger charge is -2.11. The molecule has 8 nitrogen and oxygen atoms in total. The number of aromatic nitrogens is 2. The maximum Gasteiger partial charge on any atom is 0.433 e. The maximum atomic E-state index is 12.9. The molecule has 1 heterocycles. The van der Waals surface area contributed by atoms with Crippen LogP contribution in [-0.2, 0) is 32.6 Å². The largest absolute Gasteiger partial charge is 0.433 e. The Kier molecular flexibility index (Phi) is 5.26. The summed E-state index contributed by atoms with van der Waals surface area (Å²) in [6, 6.07) is 5.84. The van der Waals surface area contributed by atoms with E-state index in [2.05, 4.69) is 15.3 Å². The number of hydrogen-bond donors (Lipinski definition) is 2. The van der Waals surface area contributed by atoms with Gasteiger partial charge in [-0.2, -0.15) is 13.2 Å². The molecule has 0 saturated carbocycles. The lowest BCUT2D eigenvalue weighted by molar-refractivity contribution is -0.141. The van der Waals surface area contributed by atoms with E-state index in [1.165, 1.54) is 24.3 Å². The molecule has 1 aromatic heterocycles. The van der Waals surface area contributed by atoms with Gasteiger partial charge in [0.05, 0.1) is 4.90 Å². The van der Waals surface area contributed by atoms with Crippen molar-refractivity contribution in [2.75, 3.05) is 11.6 Å². The number of anilines is 1. The molecule has 0 fully saturated rings. The van der Waals surface area contributed by atoms with Crippen LogP contribution in [0.5, 0.6) is 0 Å². The van der Waals surface area contributed by atoms with Crippen LogP contribution in [0.1, 0.15) is 11.3 Å². The van der Waals surface area contributed by atoms with Crippen LogP contribution in [-0.4, -0.2) is 33.1 Å². The van der Waals surface area contributed by atoms with Crippen LogP contribution in [0.4, 0.5) is 19.0 Å². The lowest BCUT2D eigenvalue weighted by Crippen LogP contribution is -2.15. The van der Waals surface area contributed by atoms with Crippen LogP contribution < -0.4 is 10.5 Å². The fraction of sp³-hybridized carbons (Fsp3) is 0.231. The molecule has 0 amide bonds. The van der Waals surface area contributed by atoms with Gasteiger partial charge in [0.2, 0.25) is 25.0 Å². The Bertz CT molecular complexity index is 1020. The number of nitrogens with zero attached hydrogens (tertiary/aromatic N) is 2. The summed E-state index contributed by atoms with van der Waals surface area (Å²) in [5, 5.41) is 6.55. The molecule has 0 aliphatic rings. The van der Waals surface area contributed by atoms with Crippen molar-refractivity contribution in [1.29, 1.82) is 0 Å². The van der Waals surface area contributed by atoms with Crippen LogP contribution in [0.2, 0.25) is 0 Å². The van der Waals surface area contributed by atoms with E-state index in [1.54, 1.807) is 0 Å². The Morgan fingerprint density at radius 3 is 2.12 bits per heavy atom. The van der Waals surface area contributed by atoms with Crippen LogP contribution in [0.15, 0.2) is 40.4 Å². The second kappa shape index (κ2) is 6.81. The molecule has 0 spiro atoms. The third-order valence-corrected chi connectivity index (χ3v) is 4.83. The van der Waals surface area contributed by atoms with E-state index < -0.39 is 36.9 Å². The Balaban J connectivity index is 2.29. The number of nitrogens with two attached hydrogens (primary N) is 1. The van der Waals surface area contributed by atoms with E-state index in [0.29, 0.717) is 17.9 Å². The molecule has 142 valence electrons. The highest BCUT2D eigenvalue weighted by molar-refractivity contribution is 7.90. The zero-order valence-corrected chi connectivity index (χ0v) is 14.8. The molecule has 13 heteroatoms. The Labute approximate surface area is 147 Å². The molecule has 0 aliphatic heterocycles. The monoisotopic (exact) mass is 410 g/mol. The fourth-order valence-corrected chi connectivity index (χ4v) is 2.86. The average molecular weight is 410 g/mol. The molecule has 0 saturated heterocycles. The van der Waals surface area contributed by atoms with Crippen molar-refractivity contribution in [3.05, 3.63) is 41.6 Å². The Morgan fingerprint density at radius 1 is 1.08 bits per heavy atom. The van der Waals surface area contributed by atoms with Crippen molar-refractivity contribution in [3.63, 3.8) is 0 Å². The molecule has 0 radical (unpaired) electrons. The number of sulfonamides is 1. The van der Waals surface area contributed by atoms with Crippen LogP contribution in [0.25, 0.3) is 0 Å². The second-order valence-electron chi connectivity index (χ2n) is 5.23. The van der Waals surface area contributed by atoms with Crippen molar-refractivity contribution < 1.29 is 30.0 Å². The summed E-state index contributed by atoms with van der Waals surface area (Å²) in [5.74, 6) is -0.344. The molecule has 26 heavy (non-hydrogen) atoms. The molecule has 1 aromatic carbocycles. The van der Waals surface area contributed by atoms with Crippen molar-refractivity contribution in [1.82, 2.24) is 9.97 Å². The normalized spacial score (nSPS) is 12.8. The third-order valence-electron chi connectivity index (χ3n) is 3.05. The minimum Gasteiger partial charge on any atom is -0.366 e. The van der Waals surface area contributed by atoms with E-state index >= 15 is 0 Å². The zero-order valence-electron chi connectivity index (χ0n) is 13.1. The second-order valence-corrected chi connectivity index (χ2v) is 8.70. The first kappa shape index (κ1) is 20.1. The van der Waals surface area contributed by atoms with Gasteiger partial charge in [-0.25, -0.2) is 31.9 Å².